The molecule has 1 aromatic carbocycles. The van der Waals surface area contributed by atoms with Gasteiger partial charge in [0.2, 0.25) is 5.91 Å². The average molecular weight is 428 g/mol. The molecule has 2 amide bonds. The zero-order valence-corrected chi connectivity index (χ0v) is 16.8. The molecule has 9 heteroatoms. The number of hydrogen-bond donors (Lipinski definition) is 4. The Labute approximate surface area is 178 Å². The third-order valence-corrected chi connectivity index (χ3v) is 4.79. The number of rotatable bonds is 6. The molecule has 0 spiro atoms. The highest BCUT2D eigenvalue weighted by molar-refractivity contribution is 7.80. The van der Waals surface area contributed by atoms with Gasteiger partial charge in [-0.25, -0.2) is 4.98 Å². The molecular weight excluding hydrogens is 410 g/mol. The Morgan fingerprint density at radius 1 is 1.07 bits per heavy atom. The molecule has 7 nitrogen and oxygen atoms in total. The third kappa shape index (κ3) is 5.32. The number of hydrogen-bond acceptors (Lipinski definition) is 6. The van der Waals surface area contributed by atoms with Crippen molar-refractivity contribution in [2.45, 2.75) is 5.25 Å². The van der Waals surface area contributed by atoms with Crippen LogP contribution in [0.25, 0.3) is 0 Å². The van der Waals surface area contributed by atoms with E-state index < -0.39 is 5.25 Å². The molecule has 2 heterocycles. The van der Waals surface area contributed by atoms with Crippen LogP contribution in [-0.2, 0) is 4.79 Å². The van der Waals surface area contributed by atoms with Crippen LogP contribution in [0.3, 0.4) is 0 Å². The topological polar surface area (TPSA) is 110 Å². The van der Waals surface area contributed by atoms with Gasteiger partial charge in [0, 0.05) is 23.1 Å². The number of pyridine rings is 2. The Morgan fingerprint density at radius 2 is 1.83 bits per heavy atom. The van der Waals surface area contributed by atoms with Crippen LogP contribution < -0.4 is 16.4 Å². The third-order valence-electron chi connectivity index (χ3n) is 4.00. The second-order valence-electron chi connectivity index (χ2n) is 6.03. The fourth-order valence-corrected chi connectivity index (χ4v) is 3.09. The van der Waals surface area contributed by atoms with Crippen molar-refractivity contribution >= 4 is 47.5 Å². The maximum absolute atomic E-state index is 12.8. The summed E-state index contributed by atoms with van der Waals surface area (Å²) < 4.78 is 0. The standard InChI is InChI=1S/C20H18ClN5O2S/c21-13-3-5-14(6-4-13)25-20(28)15-2-1-8-24-18(15)19(29)12-7-9-23-16(10-12)26-17(27)11-22/h1-10,19,29H,11,22H2,(H,25,28)(H,23,26,27). The molecule has 1 unspecified atom stereocenters. The maximum Gasteiger partial charge on any atom is 0.257 e. The maximum atomic E-state index is 12.8. The lowest BCUT2D eigenvalue weighted by molar-refractivity contribution is -0.114. The van der Waals surface area contributed by atoms with Crippen molar-refractivity contribution in [3.8, 4) is 0 Å². The van der Waals surface area contributed by atoms with Gasteiger partial charge in [-0.05, 0) is 54.1 Å². The molecule has 0 bridgehead atoms. The van der Waals surface area contributed by atoms with Crippen molar-refractivity contribution in [3.63, 3.8) is 0 Å². The molecule has 2 aromatic heterocycles. The molecular formula is C20H18ClN5O2S. The van der Waals surface area contributed by atoms with E-state index in [4.69, 9.17) is 17.3 Å². The number of carbonyl (C=O) groups excluding carboxylic acids is 2. The first kappa shape index (κ1) is 20.8. The molecule has 148 valence electrons. The Kier molecular flexibility index (Phi) is 6.82. The van der Waals surface area contributed by atoms with Gasteiger partial charge in [-0.15, -0.1) is 0 Å². The van der Waals surface area contributed by atoms with E-state index in [2.05, 4.69) is 33.2 Å². The van der Waals surface area contributed by atoms with Crippen LogP contribution in [0.2, 0.25) is 5.02 Å². The summed E-state index contributed by atoms with van der Waals surface area (Å²) in [5, 5.41) is 5.48. The van der Waals surface area contributed by atoms with Crippen LogP contribution in [-0.4, -0.2) is 28.3 Å². The number of nitrogens with one attached hydrogen (secondary N) is 2. The molecule has 0 fully saturated rings. The van der Waals surface area contributed by atoms with Gasteiger partial charge >= 0.3 is 0 Å². The molecule has 0 saturated heterocycles. The Morgan fingerprint density at radius 3 is 2.55 bits per heavy atom. The molecule has 4 N–H and O–H groups in total. The average Bonchev–Trinajstić information content (AvgIpc) is 2.75. The minimum Gasteiger partial charge on any atom is -0.322 e. The molecule has 3 rings (SSSR count). The largest absolute Gasteiger partial charge is 0.322 e. The van der Waals surface area contributed by atoms with Gasteiger partial charge in [0.1, 0.15) is 5.82 Å². The number of benzene rings is 1. The second-order valence-corrected chi connectivity index (χ2v) is 6.98. The lowest BCUT2D eigenvalue weighted by Gasteiger charge is -2.16. The van der Waals surface area contributed by atoms with Gasteiger partial charge in [0.05, 0.1) is 23.1 Å². The number of nitrogens with zero attached hydrogens (tertiary/aromatic N) is 2. The van der Waals surface area contributed by atoms with Gasteiger partial charge < -0.3 is 16.4 Å². The minimum atomic E-state index is -0.515. The van der Waals surface area contributed by atoms with Crippen LogP contribution in [0.4, 0.5) is 11.5 Å². The molecule has 1 atom stereocenters. The minimum absolute atomic E-state index is 0.147. The van der Waals surface area contributed by atoms with Crippen molar-refractivity contribution in [2.24, 2.45) is 5.73 Å². The predicted molar refractivity (Wildman–Crippen MR) is 116 cm³/mol. The summed E-state index contributed by atoms with van der Waals surface area (Å²) in [5.74, 6) is -0.327. The van der Waals surface area contributed by atoms with Gasteiger partial charge in [-0.1, -0.05) is 11.6 Å². The summed E-state index contributed by atoms with van der Waals surface area (Å²) in [5.41, 5.74) is 7.50. The van der Waals surface area contributed by atoms with E-state index >= 15 is 0 Å². The quantitative estimate of drug-likeness (QED) is 0.451. The second kappa shape index (κ2) is 9.51. The summed E-state index contributed by atoms with van der Waals surface area (Å²) in [6.45, 7) is -0.147. The highest BCUT2D eigenvalue weighted by Gasteiger charge is 2.20. The molecule has 3 aromatic rings. The summed E-state index contributed by atoms with van der Waals surface area (Å²) in [6.07, 6.45) is 3.14. The van der Waals surface area contributed by atoms with Gasteiger partial charge in [-0.3, -0.25) is 14.6 Å². The first-order valence-corrected chi connectivity index (χ1v) is 9.53. The fraction of sp³-hybridized carbons (Fsp3) is 0.100. The Bertz CT molecular complexity index is 1030. The van der Waals surface area contributed by atoms with Crippen LogP contribution in [0, 0.1) is 0 Å². The number of carbonyl (C=O) groups is 2. The highest BCUT2D eigenvalue weighted by atomic mass is 35.5. The first-order valence-electron chi connectivity index (χ1n) is 8.63. The van der Waals surface area contributed by atoms with E-state index in [1.807, 2.05) is 0 Å². The number of nitrogens with two attached hydrogens (primary N) is 1. The van der Waals surface area contributed by atoms with Gasteiger partial charge in [0.15, 0.2) is 0 Å². The molecule has 0 aliphatic heterocycles. The van der Waals surface area contributed by atoms with E-state index in [9.17, 15) is 9.59 Å². The van der Waals surface area contributed by atoms with Crippen molar-refractivity contribution in [1.29, 1.82) is 0 Å². The van der Waals surface area contributed by atoms with Crippen molar-refractivity contribution in [1.82, 2.24) is 9.97 Å². The zero-order chi connectivity index (χ0) is 20.8. The van der Waals surface area contributed by atoms with E-state index in [0.29, 0.717) is 27.8 Å². The summed E-state index contributed by atoms with van der Waals surface area (Å²) in [7, 11) is 0. The zero-order valence-electron chi connectivity index (χ0n) is 15.2. The number of thiol groups is 1. The highest BCUT2D eigenvalue weighted by Crippen LogP contribution is 2.30. The van der Waals surface area contributed by atoms with E-state index in [1.165, 1.54) is 0 Å². The smallest absolute Gasteiger partial charge is 0.257 e. The summed E-state index contributed by atoms with van der Waals surface area (Å²) in [4.78, 5) is 32.8. The number of amides is 2. The van der Waals surface area contributed by atoms with Crippen LogP contribution in [0.15, 0.2) is 60.9 Å². The number of aromatic nitrogens is 2. The summed E-state index contributed by atoms with van der Waals surface area (Å²) >= 11 is 10.5. The van der Waals surface area contributed by atoms with Crippen LogP contribution in [0.5, 0.6) is 0 Å². The molecule has 0 radical (unpaired) electrons. The first-order chi connectivity index (χ1) is 14.0. The lowest BCUT2D eigenvalue weighted by Crippen LogP contribution is -2.22. The fourth-order valence-electron chi connectivity index (χ4n) is 2.60. The molecule has 29 heavy (non-hydrogen) atoms. The lowest BCUT2D eigenvalue weighted by atomic mass is 10.0. The Balaban J connectivity index is 1.86. The Hall–Kier alpha value is -2.94. The summed E-state index contributed by atoms with van der Waals surface area (Å²) in [6, 6.07) is 13.6. The number of halogens is 1. The molecule has 0 saturated carbocycles. The van der Waals surface area contributed by atoms with Crippen LogP contribution in [0.1, 0.15) is 26.9 Å². The van der Waals surface area contributed by atoms with Crippen LogP contribution >= 0.6 is 24.2 Å². The number of anilines is 2. The van der Waals surface area contributed by atoms with Gasteiger partial charge in [0.25, 0.3) is 5.91 Å². The van der Waals surface area contributed by atoms with E-state index in [0.717, 1.165) is 5.56 Å². The van der Waals surface area contributed by atoms with Crippen molar-refractivity contribution in [2.75, 3.05) is 17.2 Å². The van der Waals surface area contributed by atoms with E-state index in [1.54, 1.807) is 60.9 Å². The molecule has 0 aliphatic rings. The molecule has 0 aliphatic carbocycles. The normalized spacial score (nSPS) is 11.6. The van der Waals surface area contributed by atoms with Crippen molar-refractivity contribution < 1.29 is 9.59 Å². The van der Waals surface area contributed by atoms with Crippen molar-refractivity contribution in [3.05, 3.63) is 82.8 Å². The van der Waals surface area contributed by atoms with Gasteiger partial charge in [-0.2, -0.15) is 12.6 Å². The SMILES string of the molecule is NCC(=O)Nc1cc(C(S)c2ncccc2C(=O)Nc2ccc(Cl)cc2)ccn1. The predicted octanol–water partition coefficient (Wildman–Crippen LogP) is 3.30. The monoisotopic (exact) mass is 427 g/mol. The van der Waals surface area contributed by atoms with E-state index in [-0.39, 0.29) is 18.4 Å².